The minimum atomic E-state index is 0.242. The number of unbranched alkanes of at least 4 members (excludes halogenated alkanes) is 1. The van der Waals surface area contributed by atoms with Crippen LogP contribution in [0.5, 0.6) is 0 Å². The third kappa shape index (κ3) is 2.49. The number of halogens is 1. The van der Waals surface area contributed by atoms with Gasteiger partial charge in [0.05, 0.1) is 11.0 Å². The molecule has 0 aliphatic carbocycles. The van der Waals surface area contributed by atoms with Crippen LogP contribution in [-0.2, 0) is 6.42 Å². The van der Waals surface area contributed by atoms with Gasteiger partial charge in [-0.05, 0) is 31.0 Å². The van der Waals surface area contributed by atoms with E-state index in [9.17, 15) is 0 Å². The van der Waals surface area contributed by atoms with E-state index in [1.165, 1.54) is 0 Å². The van der Waals surface area contributed by atoms with E-state index in [2.05, 4.69) is 9.97 Å². The summed E-state index contributed by atoms with van der Waals surface area (Å²) in [5, 5.41) is 9.39. The summed E-state index contributed by atoms with van der Waals surface area (Å²) in [6.45, 7) is 0.242. The second-order valence-corrected chi connectivity index (χ2v) is 3.96. The highest BCUT2D eigenvalue weighted by atomic mass is 35.5. The van der Waals surface area contributed by atoms with E-state index in [0.717, 1.165) is 36.1 Å². The quantitative estimate of drug-likeness (QED) is 0.785. The molecule has 1 heterocycles. The van der Waals surface area contributed by atoms with Crippen molar-refractivity contribution in [2.75, 3.05) is 6.61 Å². The molecule has 80 valence electrons. The third-order valence-electron chi connectivity index (χ3n) is 2.31. The Morgan fingerprint density at radius 2 is 2.20 bits per heavy atom. The van der Waals surface area contributed by atoms with Crippen LogP contribution in [0.1, 0.15) is 18.7 Å². The first kappa shape index (κ1) is 10.5. The van der Waals surface area contributed by atoms with Gasteiger partial charge in [0.2, 0.25) is 0 Å². The third-order valence-corrected chi connectivity index (χ3v) is 2.55. The summed E-state index contributed by atoms with van der Waals surface area (Å²) in [7, 11) is 0. The van der Waals surface area contributed by atoms with Gasteiger partial charge in [-0.2, -0.15) is 0 Å². The number of fused-ring (bicyclic) bond motifs is 1. The van der Waals surface area contributed by atoms with Gasteiger partial charge in [0, 0.05) is 18.1 Å². The van der Waals surface area contributed by atoms with E-state index in [1.54, 1.807) is 0 Å². The topological polar surface area (TPSA) is 48.9 Å². The van der Waals surface area contributed by atoms with Crippen molar-refractivity contribution in [3.63, 3.8) is 0 Å². The molecule has 0 saturated carbocycles. The molecule has 0 atom stereocenters. The van der Waals surface area contributed by atoms with Gasteiger partial charge in [0.25, 0.3) is 0 Å². The number of aromatic amines is 1. The maximum Gasteiger partial charge on any atom is 0.107 e. The molecule has 0 spiro atoms. The molecule has 0 bridgehead atoms. The molecule has 3 nitrogen and oxygen atoms in total. The van der Waals surface area contributed by atoms with Crippen molar-refractivity contribution in [3.05, 3.63) is 29.0 Å². The molecule has 0 amide bonds. The highest BCUT2D eigenvalue weighted by Crippen LogP contribution is 2.17. The first-order valence-corrected chi connectivity index (χ1v) is 5.42. The predicted molar refractivity (Wildman–Crippen MR) is 61.1 cm³/mol. The van der Waals surface area contributed by atoms with Crippen LogP contribution in [0.3, 0.4) is 0 Å². The van der Waals surface area contributed by atoms with Crippen molar-refractivity contribution in [3.8, 4) is 0 Å². The molecule has 15 heavy (non-hydrogen) atoms. The highest BCUT2D eigenvalue weighted by molar-refractivity contribution is 6.31. The van der Waals surface area contributed by atoms with E-state index in [0.29, 0.717) is 5.02 Å². The number of aliphatic hydroxyl groups excluding tert-OH is 1. The average molecular weight is 225 g/mol. The van der Waals surface area contributed by atoms with Gasteiger partial charge in [0.1, 0.15) is 5.82 Å². The van der Waals surface area contributed by atoms with Crippen LogP contribution in [-0.4, -0.2) is 21.7 Å². The minimum Gasteiger partial charge on any atom is -0.396 e. The molecule has 0 unspecified atom stereocenters. The number of rotatable bonds is 4. The number of aliphatic hydroxyl groups is 1. The summed E-state index contributed by atoms with van der Waals surface area (Å²) in [6.07, 6.45) is 2.63. The highest BCUT2D eigenvalue weighted by Gasteiger charge is 2.02. The number of benzene rings is 1. The van der Waals surface area contributed by atoms with Crippen LogP contribution in [0.15, 0.2) is 18.2 Å². The summed E-state index contributed by atoms with van der Waals surface area (Å²) in [4.78, 5) is 7.65. The molecule has 4 heteroatoms. The lowest BCUT2D eigenvalue weighted by molar-refractivity contribution is 0.284. The molecule has 2 rings (SSSR count). The van der Waals surface area contributed by atoms with Crippen molar-refractivity contribution in [2.45, 2.75) is 19.3 Å². The van der Waals surface area contributed by atoms with Gasteiger partial charge in [-0.25, -0.2) is 4.98 Å². The fourth-order valence-electron chi connectivity index (χ4n) is 1.56. The minimum absolute atomic E-state index is 0.242. The van der Waals surface area contributed by atoms with Gasteiger partial charge < -0.3 is 10.1 Å². The predicted octanol–water partition coefficient (Wildman–Crippen LogP) is 2.53. The molecule has 1 aromatic carbocycles. The molecule has 1 aromatic heterocycles. The maximum atomic E-state index is 8.67. The molecule has 0 fully saturated rings. The van der Waals surface area contributed by atoms with Gasteiger partial charge in [0.15, 0.2) is 0 Å². The zero-order valence-electron chi connectivity index (χ0n) is 8.33. The summed E-state index contributed by atoms with van der Waals surface area (Å²) in [5.74, 6) is 0.959. The normalized spacial score (nSPS) is 11.1. The van der Waals surface area contributed by atoms with Gasteiger partial charge in [-0.3, -0.25) is 0 Å². The number of nitrogens with zero attached hydrogens (tertiary/aromatic N) is 1. The van der Waals surface area contributed by atoms with Crippen LogP contribution in [0.2, 0.25) is 5.02 Å². The molecule has 2 N–H and O–H groups in total. The zero-order chi connectivity index (χ0) is 10.7. The largest absolute Gasteiger partial charge is 0.396 e. The van der Waals surface area contributed by atoms with E-state index in [4.69, 9.17) is 16.7 Å². The second-order valence-electron chi connectivity index (χ2n) is 3.53. The molecule has 0 radical (unpaired) electrons. The Hall–Kier alpha value is -1.06. The Bertz CT molecular complexity index is 453. The molecule has 2 aromatic rings. The number of aryl methyl sites for hydroxylation is 1. The van der Waals surface area contributed by atoms with E-state index in [1.807, 2.05) is 18.2 Å². The average Bonchev–Trinajstić information content (AvgIpc) is 2.60. The zero-order valence-corrected chi connectivity index (χ0v) is 9.09. The molecule has 0 saturated heterocycles. The van der Waals surface area contributed by atoms with Crippen LogP contribution in [0.25, 0.3) is 11.0 Å². The maximum absolute atomic E-state index is 8.67. The van der Waals surface area contributed by atoms with Crippen molar-refractivity contribution in [2.24, 2.45) is 0 Å². The Morgan fingerprint density at radius 3 is 3.00 bits per heavy atom. The Morgan fingerprint density at radius 1 is 1.33 bits per heavy atom. The lowest BCUT2D eigenvalue weighted by Crippen LogP contribution is -1.90. The van der Waals surface area contributed by atoms with E-state index >= 15 is 0 Å². The number of hydrogen-bond acceptors (Lipinski definition) is 2. The first-order chi connectivity index (χ1) is 7.29. The van der Waals surface area contributed by atoms with Crippen molar-refractivity contribution < 1.29 is 5.11 Å². The van der Waals surface area contributed by atoms with Crippen LogP contribution >= 0.6 is 11.6 Å². The standard InChI is InChI=1S/C11H13ClN2O/c12-8-4-5-9-10(7-8)14-11(13-9)3-1-2-6-15/h4-5,7,15H,1-3,6H2,(H,13,14). The lowest BCUT2D eigenvalue weighted by atomic mass is 10.2. The summed E-state index contributed by atoms with van der Waals surface area (Å²) >= 11 is 5.87. The Balaban J connectivity index is 2.16. The van der Waals surface area contributed by atoms with Gasteiger partial charge >= 0.3 is 0 Å². The number of aromatic nitrogens is 2. The van der Waals surface area contributed by atoms with E-state index < -0.39 is 0 Å². The number of nitrogens with one attached hydrogen (secondary N) is 1. The Labute approximate surface area is 93.1 Å². The number of hydrogen-bond donors (Lipinski definition) is 2. The first-order valence-electron chi connectivity index (χ1n) is 5.04. The fraction of sp³-hybridized carbons (Fsp3) is 0.364. The molecule has 0 aliphatic rings. The van der Waals surface area contributed by atoms with Crippen LogP contribution < -0.4 is 0 Å². The second kappa shape index (κ2) is 4.64. The Kier molecular flexibility index (Phi) is 3.23. The SMILES string of the molecule is OCCCCc1nc2ccc(Cl)cc2[nH]1. The number of H-pyrrole nitrogens is 1. The monoisotopic (exact) mass is 224 g/mol. The number of imidazole rings is 1. The van der Waals surface area contributed by atoms with Crippen LogP contribution in [0.4, 0.5) is 0 Å². The molecule has 0 aliphatic heterocycles. The van der Waals surface area contributed by atoms with E-state index in [-0.39, 0.29) is 6.61 Å². The molecular formula is C11H13ClN2O. The summed E-state index contributed by atoms with van der Waals surface area (Å²) < 4.78 is 0. The van der Waals surface area contributed by atoms with Gasteiger partial charge in [-0.1, -0.05) is 11.6 Å². The fourth-order valence-corrected chi connectivity index (χ4v) is 1.73. The smallest absolute Gasteiger partial charge is 0.107 e. The lowest BCUT2D eigenvalue weighted by Gasteiger charge is -1.93. The van der Waals surface area contributed by atoms with Gasteiger partial charge in [-0.15, -0.1) is 0 Å². The summed E-state index contributed by atoms with van der Waals surface area (Å²) in [6, 6.07) is 5.62. The van der Waals surface area contributed by atoms with Crippen molar-refractivity contribution in [1.82, 2.24) is 9.97 Å². The van der Waals surface area contributed by atoms with Crippen molar-refractivity contribution in [1.29, 1.82) is 0 Å². The molecular weight excluding hydrogens is 212 g/mol. The van der Waals surface area contributed by atoms with Crippen molar-refractivity contribution >= 4 is 22.6 Å². The van der Waals surface area contributed by atoms with Crippen LogP contribution in [0, 0.1) is 0 Å². The summed E-state index contributed by atoms with van der Waals surface area (Å²) in [5.41, 5.74) is 1.92.